The van der Waals surface area contributed by atoms with Crippen molar-refractivity contribution in [1.29, 1.82) is 0 Å². The molecule has 0 saturated carbocycles. The normalized spacial score (nSPS) is 14.3. The zero-order valence-electron chi connectivity index (χ0n) is 40.6. The monoisotopic (exact) mass is 889 g/mol. The predicted octanol–water partition coefficient (Wildman–Crippen LogP) is 14.7. The third-order valence-electron chi connectivity index (χ3n) is 12.5. The fraction of sp³-hybridized carbons (Fsp3) is 0.980. The van der Waals surface area contributed by atoms with Crippen LogP contribution in [0.15, 0.2) is 0 Å². The molecule has 0 aromatic rings. The molecule has 0 radical (unpaired) electrons. The smallest absolute Gasteiger partial charge is 0.393 e. The van der Waals surface area contributed by atoms with E-state index in [9.17, 15) is 24.5 Å². The first-order valence-electron chi connectivity index (χ1n) is 26.7. The van der Waals surface area contributed by atoms with Crippen LogP contribution >= 0.6 is 7.82 Å². The standard InChI is InChI=1S/C51H105N2O7P/c1-3-5-7-9-11-13-15-17-19-21-23-25-26-28-30-32-34-36-38-40-42-48(54)46-51(56)53-49(47-60-61(57,58)59-45-44-52)50(55)43-41-39-37-35-33-31-29-27-24-22-20-18-16-14-12-10-8-6-4-2/h48-50,54-55H,3-47,52H2,1-2H3,(H,53,56)(H,57,58). The average molecular weight is 889 g/mol. The van der Waals surface area contributed by atoms with Crippen molar-refractivity contribution >= 4 is 13.7 Å². The van der Waals surface area contributed by atoms with Crippen LogP contribution < -0.4 is 11.1 Å². The van der Waals surface area contributed by atoms with Crippen LogP contribution in [0.2, 0.25) is 0 Å². The van der Waals surface area contributed by atoms with Crippen molar-refractivity contribution in [2.75, 3.05) is 19.8 Å². The second kappa shape index (κ2) is 47.4. The molecule has 6 N–H and O–H groups in total. The minimum absolute atomic E-state index is 0.0630. The molecule has 4 atom stereocenters. The number of phosphoric ester groups is 1. The first kappa shape index (κ1) is 60.5. The van der Waals surface area contributed by atoms with Crippen LogP contribution in [0.4, 0.5) is 0 Å². The maximum absolute atomic E-state index is 12.9. The first-order chi connectivity index (χ1) is 29.8. The Morgan fingerprint density at radius 3 is 1.10 bits per heavy atom. The largest absolute Gasteiger partial charge is 0.472 e. The van der Waals surface area contributed by atoms with Crippen molar-refractivity contribution in [2.45, 2.75) is 302 Å². The summed E-state index contributed by atoms with van der Waals surface area (Å²) in [6.07, 6.45) is 50.1. The van der Waals surface area contributed by atoms with Gasteiger partial charge in [-0.2, -0.15) is 0 Å². The predicted molar refractivity (Wildman–Crippen MR) is 260 cm³/mol. The van der Waals surface area contributed by atoms with Crippen LogP contribution in [0.25, 0.3) is 0 Å². The van der Waals surface area contributed by atoms with Crippen molar-refractivity contribution < 1.29 is 33.5 Å². The summed E-state index contributed by atoms with van der Waals surface area (Å²) < 4.78 is 22.3. The van der Waals surface area contributed by atoms with Crippen molar-refractivity contribution in [1.82, 2.24) is 5.32 Å². The number of phosphoric acid groups is 1. The van der Waals surface area contributed by atoms with Crippen molar-refractivity contribution in [3.8, 4) is 0 Å². The van der Waals surface area contributed by atoms with Gasteiger partial charge in [-0.1, -0.05) is 264 Å². The van der Waals surface area contributed by atoms with E-state index in [1.54, 1.807) is 0 Å². The van der Waals surface area contributed by atoms with Crippen LogP contribution in [0.1, 0.15) is 284 Å². The molecule has 0 aliphatic rings. The lowest BCUT2D eigenvalue weighted by Crippen LogP contribution is -2.47. The lowest BCUT2D eigenvalue weighted by Gasteiger charge is -2.25. The maximum Gasteiger partial charge on any atom is 0.472 e. The molecule has 0 bridgehead atoms. The Kier molecular flexibility index (Phi) is 47.0. The SMILES string of the molecule is CCCCCCCCCCCCCCCCCCCCCCC(O)CC(=O)NC(COP(=O)(O)OCCN)C(O)CCCCCCCCCCCCCCCCCCCCC. The van der Waals surface area contributed by atoms with Gasteiger partial charge in [0.05, 0.1) is 37.9 Å². The molecule has 0 aliphatic carbocycles. The Hall–Kier alpha value is -0.540. The number of hydrogen-bond acceptors (Lipinski definition) is 7. The van der Waals surface area contributed by atoms with Crippen molar-refractivity contribution in [2.24, 2.45) is 5.73 Å². The number of aliphatic hydroxyl groups is 2. The molecule has 61 heavy (non-hydrogen) atoms. The molecule has 4 unspecified atom stereocenters. The van der Waals surface area contributed by atoms with Crippen LogP contribution in [0.3, 0.4) is 0 Å². The fourth-order valence-corrected chi connectivity index (χ4v) is 9.24. The fourth-order valence-electron chi connectivity index (χ4n) is 8.48. The molecule has 0 fully saturated rings. The van der Waals surface area contributed by atoms with E-state index in [4.69, 9.17) is 14.8 Å². The topological polar surface area (TPSA) is 151 Å². The summed E-state index contributed by atoms with van der Waals surface area (Å²) in [6.45, 7) is 4.10. The molecule has 0 heterocycles. The molecule has 9 nitrogen and oxygen atoms in total. The molecule has 0 aromatic heterocycles. The lowest BCUT2D eigenvalue weighted by atomic mass is 10.0. The van der Waals surface area contributed by atoms with Crippen LogP contribution in [0, 0.1) is 0 Å². The Morgan fingerprint density at radius 2 is 0.787 bits per heavy atom. The Bertz CT molecular complexity index is 945. The maximum atomic E-state index is 12.9. The second-order valence-corrected chi connectivity index (χ2v) is 20.1. The van der Waals surface area contributed by atoms with Crippen LogP contribution in [-0.2, 0) is 18.4 Å². The van der Waals surface area contributed by atoms with E-state index in [0.717, 1.165) is 38.5 Å². The number of carbonyl (C=O) groups is 1. The van der Waals surface area contributed by atoms with Crippen molar-refractivity contribution in [3.63, 3.8) is 0 Å². The average Bonchev–Trinajstić information content (AvgIpc) is 3.24. The third kappa shape index (κ3) is 45.8. The highest BCUT2D eigenvalue weighted by Gasteiger charge is 2.28. The van der Waals surface area contributed by atoms with Gasteiger partial charge < -0.3 is 26.2 Å². The molecule has 0 rings (SSSR count). The number of carbonyl (C=O) groups excluding carboxylic acids is 1. The van der Waals surface area contributed by atoms with E-state index in [1.807, 2.05) is 0 Å². The zero-order valence-corrected chi connectivity index (χ0v) is 41.4. The van der Waals surface area contributed by atoms with Gasteiger partial charge in [-0.3, -0.25) is 13.8 Å². The quantitative estimate of drug-likeness (QED) is 0.0299. The van der Waals surface area contributed by atoms with Gasteiger partial charge in [0, 0.05) is 6.54 Å². The van der Waals surface area contributed by atoms with E-state index in [1.165, 1.54) is 212 Å². The van der Waals surface area contributed by atoms with Gasteiger partial charge >= 0.3 is 7.82 Å². The van der Waals surface area contributed by atoms with Crippen LogP contribution in [-0.4, -0.2) is 59.0 Å². The Labute approximate surface area is 378 Å². The van der Waals surface area contributed by atoms with E-state index in [0.29, 0.717) is 12.8 Å². The Morgan fingerprint density at radius 1 is 0.492 bits per heavy atom. The molecule has 0 aliphatic heterocycles. The molecule has 0 spiro atoms. The Balaban J connectivity index is 4.08. The number of amides is 1. The third-order valence-corrected chi connectivity index (χ3v) is 13.5. The minimum atomic E-state index is -4.38. The number of rotatable bonds is 51. The first-order valence-corrected chi connectivity index (χ1v) is 28.2. The molecular weight excluding hydrogens is 784 g/mol. The van der Waals surface area contributed by atoms with Gasteiger partial charge in [-0.25, -0.2) is 4.57 Å². The molecular formula is C51H105N2O7P. The highest BCUT2D eigenvalue weighted by Crippen LogP contribution is 2.43. The van der Waals surface area contributed by atoms with Gasteiger partial charge in [0.1, 0.15) is 0 Å². The van der Waals surface area contributed by atoms with Gasteiger partial charge in [-0.15, -0.1) is 0 Å². The summed E-state index contributed by atoms with van der Waals surface area (Å²) in [5.41, 5.74) is 5.39. The second-order valence-electron chi connectivity index (χ2n) is 18.6. The molecule has 366 valence electrons. The zero-order chi connectivity index (χ0) is 44.8. The number of nitrogens with one attached hydrogen (secondary N) is 1. The minimum Gasteiger partial charge on any atom is -0.393 e. The number of nitrogens with two attached hydrogens (primary N) is 1. The number of hydrogen-bond donors (Lipinski definition) is 5. The molecule has 10 heteroatoms. The number of unbranched alkanes of at least 4 members (excludes halogenated alkanes) is 37. The summed E-state index contributed by atoms with van der Waals surface area (Å²) in [5.74, 6) is -0.405. The highest BCUT2D eigenvalue weighted by molar-refractivity contribution is 7.47. The van der Waals surface area contributed by atoms with Gasteiger partial charge in [0.2, 0.25) is 5.91 Å². The summed E-state index contributed by atoms with van der Waals surface area (Å²) in [5, 5.41) is 24.4. The molecule has 1 amide bonds. The number of aliphatic hydroxyl groups excluding tert-OH is 2. The van der Waals surface area contributed by atoms with E-state index in [2.05, 4.69) is 19.2 Å². The van der Waals surface area contributed by atoms with E-state index >= 15 is 0 Å². The molecule has 0 saturated heterocycles. The summed E-state index contributed by atoms with van der Waals surface area (Å²) >= 11 is 0. The highest BCUT2D eigenvalue weighted by atomic mass is 31.2. The summed E-state index contributed by atoms with van der Waals surface area (Å²) in [4.78, 5) is 22.9. The van der Waals surface area contributed by atoms with Gasteiger partial charge in [0.25, 0.3) is 0 Å². The summed E-state index contributed by atoms with van der Waals surface area (Å²) in [7, 11) is -4.38. The summed E-state index contributed by atoms with van der Waals surface area (Å²) in [6, 6.07) is -0.892. The van der Waals surface area contributed by atoms with Crippen LogP contribution in [0.5, 0.6) is 0 Å². The van der Waals surface area contributed by atoms with E-state index < -0.39 is 32.0 Å². The molecule has 0 aromatic carbocycles. The van der Waals surface area contributed by atoms with Gasteiger partial charge in [0.15, 0.2) is 0 Å². The lowest BCUT2D eigenvalue weighted by molar-refractivity contribution is -0.125. The van der Waals surface area contributed by atoms with Crippen molar-refractivity contribution in [3.05, 3.63) is 0 Å². The van der Waals surface area contributed by atoms with E-state index in [-0.39, 0.29) is 26.2 Å². The van der Waals surface area contributed by atoms with Gasteiger partial charge in [-0.05, 0) is 12.8 Å².